The summed E-state index contributed by atoms with van der Waals surface area (Å²) >= 11 is 1.52. The molecule has 2 heterocycles. The molecular formula is C18H18FN3OS. The number of amides is 1. The second-order valence-corrected chi connectivity index (χ2v) is 6.41. The highest BCUT2D eigenvalue weighted by molar-refractivity contribution is 7.12. The monoisotopic (exact) mass is 343 g/mol. The summed E-state index contributed by atoms with van der Waals surface area (Å²) in [5.74, 6) is -0.393. The molecule has 0 aliphatic heterocycles. The summed E-state index contributed by atoms with van der Waals surface area (Å²) < 4.78 is 15.6. The first-order valence-electron chi connectivity index (χ1n) is 7.68. The molecule has 1 N–H and O–H groups in total. The van der Waals surface area contributed by atoms with Crippen LogP contribution >= 0.6 is 11.3 Å². The molecule has 0 aliphatic carbocycles. The van der Waals surface area contributed by atoms with Crippen LogP contribution in [-0.2, 0) is 6.42 Å². The van der Waals surface area contributed by atoms with Crippen LogP contribution in [0.15, 0.2) is 41.9 Å². The highest BCUT2D eigenvalue weighted by Gasteiger charge is 2.17. The fourth-order valence-corrected chi connectivity index (χ4v) is 3.47. The smallest absolute Gasteiger partial charge is 0.253 e. The van der Waals surface area contributed by atoms with E-state index in [2.05, 4.69) is 10.3 Å². The van der Waals surface area contributed by atoms with Crippen molar-refractivity contribution in [3.63, 3.8) is 0 Å². The Labute approximate surface area is 144 Å². The van der Waals surface area contributed by atoms with Crippen molar-refractivity contribution in [2.45, 2.75) is 20.3 Å². The zero-order valence-corrected chi connectivity index (χ0v) is 14.4. The molecule has 0 radical (unpaired) electrons. The molecule has 24 heavy (non-hydrogen) atoms. The van der Waals surface area contributed by atoms with Gasteiger partial charge in [0.15, 0.2) is 5.13 Å². The van der Waals surface area contributed by atoms with Crippen LogP contribution in [0.4, 0.5) is 4.39 Å². The summed E-state index contributed by atoms with van der Waals surface area (Å²) in [5, 5.41) is 5.61. The summed E-state index contributed by atoms with van der Waals surface area (Å²) in [6.45, 7) is 4.24. The van der Waals surface area contributed by atoms with Crippen LogP contribution < -0.4 is 5.32 Å². The predicted octanol–water partition coefficient (Wildman–Crippen LogP) is 3.66. The van der Waals surface area contributed by atoms with Gasteiger partial charge in [0.2, 0.25) is 0 Å². The zero-order chi connectivity index (χ0) is 17.1. The van der Waals surface area contributed by atoms with Gasteiger partial charge in [0, 0.05) is 29.5 Å². The minimum Gasteiger partial charge on any atom is -0.352 e. The maximum Gasteiger partial charge on any atom is 0.253 e. The number of rotatable bonds is 5. The maximum atomic E-state index is 13.6. The largest absolute Gasteiger partial charge is 0.352 e. The number of nitrogens with one attached hydrogen (secondary N) is 1. The van der Waals surface area contributed by atoms with Gasteiger partial charge in [-0.3, -0.25) is 9.36 Å². The number of halogens is 1. The van der Waals surface area contributed by atoms with Gasteiger partial charge >= 0.3 is 0 Å². The van der Waals surface area contributed by atoms with Gasteiger partial charge in [0.25, 0.3) is 5.91 Å². The third kappa shape index (κ3) is 3.23. The first kappa shape index (κ1) is 16.4. The van der Waals surface area contributed by atoms with E-state index >= 15 is 0 Å². The van der Waals surface area contributed by atoms with Gasteiger partial charge in [0.1, 0.15) is 5.82 Å². The van der Waals surface area contributed by atoms with Crippen molar-refractivity contribution in [3.05, 3.63) is 70.2 Å². The maximum absolute atomic E-state index is 13.6. The van der Waals surface area contributed by atoms with Gasteiger partial charge in [-0.1, -0.05) is 18.2 Å². The normalized spacial score (nSPS) is 10.8. The van der Waals surface area contributed by atoms with Crippen molar-refractivity contribution >= 4 is 17.2 Å². The van der Waals surface area contributed by atoms with E-state index in [9.17, 15) is 9.18 Å². The third-order valence-corrected chi connectivity index (χ3v) is 4.68. The van der Waals surface area contributed by atoms with Crippen molar-refractivity contribution < 1.29 is 9.18 Å². The Kier molecular flexibility index (Phi) is 4.76. The van der Waals surface area contributed by atoms with Crippen LogP contribution in [0.1, 0.15) is 27.3 Å². The van der Waals surface area contributed by atoms with E-state index in [1.54, 1.807) is 24.4 Å². The number of nitrogens with zero attached hydrogens (tertiary/aromatic N) is 2. The molecule has 2 aromatic heterocycles. The second-order valence-electron chi connectivity index (χ2n) is 5.53. The molecule has 0 aliphatic rings. The molecule has 3 rings (SSSR count). The first-order chi connectivity index (χ1) is 11.6. The molecule has 4 nitrogen and oxygen atoms in total. The van der Waals surface area contributed by atoms with E-state index in [1.165, 1.54) is 17.4 Å². The van der Waals surface area contributed by atoms with Gasteiger partial charge in [-0.15, -0.1) is 11.3 Å². The summed E-state index contributed by atoms with van der Waals surface area (Å²) in [6, 6.07) is 8.47. The lowest BCUT2D eigenvalue weighted by Gasteiger charge is -2.07. The van der Waals surface area contributed by atoms with E-state index in [0.29, 0.717) is 24.1 Å². The lowest BCUT2D eigenvalue weighted by Crippen LogP contribution is -2.26. The Morgan fingerprint density at radius 1 is 1.33 bits per heavy atom. The molecule has 6 heteroatoms. The predicted molar refractivity (Wildman–Crippen MR) is 93.4 cm³/mol. The van der Waals surface area contributed by atoms with Crippen molar-refractivity contribution in [1.82, 2.24) is 14.9 Å². The number of carbonyl (C=O) groups excluding carboxylic acids is 1. The average molecular weight is 343 g/mol. The van der Waals surface area contributed by atoms with Crippen LogP contribution in [0.2, 0.25) is 0 Å². The number of aryl methyl sites for hydroxylation is 1. The van der Waals surface area contributed by atoms with E-state index in [0.717, 1.165) is 16.5 Å². The summed E-state index contributed by atoms with van der Waals surface area (Å²) in [6.07, 6.45) is 2.21. The average Bonchev–Trinajstić information content (AvgIpc) is 3.17. The first-order valence-corrected chi connectivity index (χ1v) is 8.56. The Bertz CT molecular complexity index is 855. The van der Waals surface area contributed by atoms with Crippen molar-refractivity contribution in [1.29, 1.82) is 0 Å². The number of hydrogen-bond donors (Lipinski definition) is 1. The molecule has 0 bridgehead atoms. The molecule has 124 valence electrons. The molecule has 1 amide bonds. The summed E-state index contributed by atoms with van der Waals surface area (Å²) in [7, 11) is 0. The number of aromatic nitrogens is 2. The SMILES string of the molecule is Cc1cc(C(=O)NCCc2ccccc2F)c(C)n1-c1nccs1. The van der Waals surface area contributed by atoms with E-state index in [-0.39, 0.29) is 11.7 Å². The lowest BCUT2D eigenvalue weighted by molar-refractivity contribution is 0.0953. The molecule has 0 saturated heterocycles. The molecule has 0 atom stereocenters. The minimum absolute atomic E-state index is 0.151. The quantitative estimate of drug-likeness (QED) is 0.768. The minimum atomic E-state index is -0.242. The highest BCUT2D eigenvalue weighted by atomic mass is 32.1. The molecule has 1 aromatic carbocycles. The fraction of sp³-hybridized carbons (Fsp3) is 0.222. The van der Waals surface area contributed by atoms with Crippen LogP contribution in [0.25, 0.3) is 5.13 Å². The molecule has 0 saturated carbocycles. The standard InChI is InChI=1S/C18H18FN3OS/c1-12-11-15(13(2)22(12)18-21-9-10-24-18)17(23)20-8-7-14-5-3-4-6-16(14)19/h3-6,9-11H,7-8H2,1-2H3,(H,20,23). The fourth-order valence-electron chi connectivity index (χ4n) is 2.72. The topological polar surface area (TPSA) is 46.9 Å². The third-order valence-electron chi connectivity index (χ3n) is 3.92. The zero-order valence-electron chi connectivity index (χ0n) is 13.5. The number of benzene rings is 1. The molecule has 0 unspecified atom stereocenters. The number of carbonyl (C=O) groups is 1. The van der Waals surface area contributed by atoms with Gasteiger partial charge in [0.05, 0.1) is 5.56 Å². The van der Waals surface area contributed by atoms with Crippen molar-refractivity contribution in [3.8, 4) is 5.13 Å². The van der Waals surface area contributed by atoms with Crippen molar-refractivity contribution in [2.75, 3.05) is 6.54 Å². The van der Waals surface area contributed by atoms with E-state index in [4.69, 9.17) is 0 Å². The number of hydrogen-bond acceptors (Lipinski definition) is 3. The summed E-state index contributed by atoms with van der Waals surface area (Å²) in [5.41, 5.74) is 3.04. The van der Waals surface area contributed by atoms with E-state index in [1.807, 2.05) is 29.9 Å². The Morgan fingerprint density at radius 3 is 2.83 bits per heavy atom. The lowest BCUT2D eigenvalue weighted by atomic mass is 10.1. The molecule has 0 fully saturated rings. The van der Waals surface area contributed by atoms with Crippen LogP contribution in [0.5, 0.6) is 0 Å². The van der Waals surface area contributed by atoms with Crippen LogP contribution in [-0.4, -0.2) is 22.0 Å². The van der Waals surface area contributed by atoms with Gasteiger partial charge in [-0.05, 0) is 38.0 Å². The second kappa shape index (κ2) is 6.97. The molecule has 3 aromatic rings. The Morgan fingerprint density at radius 2 is 2.12 bits per heavy atom. The van der Waals surface area contributed by atoms with Gasteiger partial charge in [-0.2, -0.15) is 0 Å². The summed E-state index contributed by atoms with van der Waals surface area (Å²) in [4.78, 5) is 16.7. The molecular weight excluding hydrogens is 325 g/mol. The van der Waals surface area contributed by atoms with Crippen LogP contribution in [0.3, 0.4) is 0 Å². The number of thiazole rings is 1. The highest BCUT2D eigenvalue weighted by Crippen LogP contribution is 2.22. The van der Waals surface area contributed by atoms with Gasteiger partial charge < -0.3 is 5.32 Å². The van der Waals surface area contributed by atoms with E-state index < -0.39 is 0 Å². The van der Waals surface area contributed by atoms with Crippen molar-refractivity contribution in [2.24, 2.45) is 0 Å². The van der Waals surface area contributed by atoms with Crippen LogP contribution in [0, 0.1) is 19.7 Å². The Balaban J connectivity index is 1.70. The van der Waals surface area contributed by atoms with Gasteiger partial charge in [-0.25, -0.2) is 9.37 Å². The molecule has 0 spiro atoms. The Hall–Kier alpha value is -2.47.